The molecule has 2 N–H and O–H groups in total. The van der Waals surface area contributed by atoms with Crippen molar-refractivity contribution in [3.8, 4) is 0 Å². The van der Waals surface area contributed by atoms with Gasteiger partial charge < -0.3 is 0 Å². The van der Waals surface area contributed by atoms with Crippen molar-refractivity contribution < 1.29 is 13.2 Å². The summed E-state index contributed by atoms with van der Waals surface area (Å²) in [7, 11) is -3.65. The normalized spacial score (nSPS) is 11.0. The van der Waals surface area contributed by atoms with E-state index in [2.05, 4.69) is 9.44 Å². The Hall–Kier alpha value is -1.40. The fourth-order valence-electron chi connectivity index (χ4n) is 0.894. The molecule has 0 atom stereocenters. The maximum Gasteiger partial charge on any atom is 0.299 e. The first-order valence-corrected chi connectivity index (χ1v) is 5.80. The zero-order chi connectivity index (χ0) is 11.3. The summed E-state index contributed by atoms with van der Waals surface area (Å²) < 4.78 is 27.1. The van der Waals surface area contributed by atoms with Crippen LogP contribution in [0.5, 0.6) is 0 Å². The molecule has 1 aromatic rings. The Labute approximate surface area is 88.7 Å². The molecule has 0 amide bonds. The number of hydrogen-bond acceptors (Lipinski definition) is 3. The number of ketones is 1. The second-order valence-electron chi connectivity index (χ2n) is 2.99. The Morgan fingerprint density at radius 3 is 2.40 bits per heavy atom. The van der Waals surface area contributed by atoms with Crippen LogP contribution in [0.2, 0.25) is 0 Å². The van der Waals surface area contributed by atoms with Crippen LogP contribution in [0.3, 0.4) is 0 Å². The van der Waals surface area contributed by atoms with E-state index in [1.165, 1.54) is 6.92 Å². The van der Waals surface area contributed by atoms with Gasteiger partial charge in [-0.15, -0.1) is 0 Å². The van der Waals surface area contributed by atoms with Gasteiger partial charge in [-0.25, -0.2) is 0 Å². The second kappa shape index (κ2) is 4.90. The average Bonchev–Trinajstić information content (AvgIpc) is 2.16. The highest BCUT2D eigenvalue weighted by atomic mass is 32.2. The van der Waals surface area contributed by atoms with Gasteiger partial charge in [-0.05, 0) is 19.1 Å². The zero-order valence-electron chi connectivity index (χ0n) is 8.23. The van der Waals surface area contributed by atoms with Crippen LogP contribution in [0.25, 0.3) is 0 Å². The van der Waals surface area contributed by atoms with Crippen molar-refractivity contribution in [2.45, 2.75) is 6.92 Å². The molecule has 0 radical (unpaired) electrons. The molecule has 1 aromatic carbocycles. The average molecular weight is 228 g/mol. The van der Waals surface area contributed by atoms with Gasteiger partial charge in [0.25, 0.3) is 10.2 Å². The van der Waals surface area contributed by atoms with Gasteiger partial charge in [0.2, 0.25) is 0 Å². The molecule has 6 heteroatoms. The van der Waals surface area contributed by atoms with E-state index in [9.17, 15) is 13.2 Å². The molecule has 0 unspecified atom stereocenters. The number of para-hydroxylation sites is 1. The van der Waals surface area contributed by atoms with Crippen LogP contribution in [-0.2, 0) is 15.0 Å². The number of hydrogen-bond donors (Lipinski definition) is 2. The lowest BCUT2D eigenvalue weighted by Crippen LogP contribution is -2.33. The van der Waals surface area contributed by atoms with Crippen molar-refractivity contribution in [3.63, 3.8) is 0 Å². The van der Waals surface area contributed by atoms with Gasteiger partial charge in [0.15, 0.2) is 0 Å². The monoisotopic (exact) mass is 228 g/mol. The van der Waals surface area contributed by atoms with E-state index in [1.54, 1.807) is 30.3 Å². The summed E-state index contributed by atoms with van der Waals surface area (Å²) in [6, 6.07) is 8.44. The number of carbonyl (C=O) groups is 1. The summed E-state index contributed by atoms with van der Waals surface area (Å²) >= 11 is 0. The molecule has 0 saturated heterocycles. The number of benzene rings is 1. The van der Waals surface area contributed by atoms with Crippen LogP contribution in [0, 0.1) is 0 Å². The van der Waals surface area contributed by atoms with Gasteiger partial charge >= 0.3 is 0 Å². The van der Waals surface area contributed by atoms with E-state index in [0.29, 0.717) is 5.69 Å². The smallest absolute Gasteiger partial charge is 0.299 e. The predicted octanol–water partition coefficient (Wildman–Crippen LogP) is 0.522. The molecular weight excluding hydrogens is 216 g/mol. The predicted molar refractivity (Wildman–Crippen MR) is 57.7 cm³/mol. The molecule has 0 heterocycles. The fourth-order valence-corrected chi connectivity index (χ4v) is 1.81. The molecule has 1 rings (SSSR count). The fraction of sp³-hybridized carbons (Fsp3) is 0.222. The molecule has 0 aromatic heterocycles. The summed E-state index contributed by atoms with van der Waals surface area (Å²) in [5.74, 6) is -0.242. The standard InChI is InChI=1S/C9H12N2O3S/c1-8(12)7-10-15(13,14)11-9-5-3-2-4-6-9/h2-6,10-11H,7H2,1H3. The molecule has 0 saturated carbocycles. The van der Waals surface area contributed by atoms with Crippen molar-refractivity contribution in [1.82, 2.24) is 4.72 Å². The topological polar surface area (TPSA) is 75.3 Å². The van der Waals surface area contributed by atoms with Crippen LogP contribution in [0.4, 0.5) is 5.69 Å². The van der Waals surface area contributed by atoms with Gasteiger partial charge in [-0.2, -0.15) is 13.1 Å². The minimum absolute atomic E-state index is 0.206. The molecule has 5 nitrogen and oxygen atoms in total. The first-order chi connectivity index (χ1) is 6.99. The molecule has 82 valence electrons. The highest BCUT2D eigenvalue weighted by Gasteiger charge is 2.09. The van der Waals surface area contributed by atoms with E-state index in [4.69, 9.17) is 0 Å². The third kappa shape index (κ3) is 4.57. The zero-order valence-corrected chi connectivity index (χ0v) is 9.04. The quantitative estimate of drug-likeness (QED) is 0.771. The molecule has 0 bridgehead atoms. The summed E-state index contributed by atoms with van der Waals surface area (Å²) in [6.07, 6.45) is 0. The molecular formula is C9H12N2O3S. The minimum atomic E-state index is -3.65. The van der Waals surface area contributed by atoms with E-state index < -0.39 is 10.2 Å². The summed E-state index contributed by atoms with van der Waals surface area (Å²) in [5, 5.41) is 0. The molecule has 0 fully saturated rings. The van der Waals surface area contributed by atoms with Gasteiger partial charge in [0.1, 0.15) is 5.78 Å². The van der Waals surface area contributed by atoms with Crippen LogP contribution in [0.1, 0.15) is 6.92 Å². The maximum absolute atomic E-state index is 11.3. The highest BCUT2D eigenvalue weighted by Crippen LogP contribution is 2.06. The minimum Gasteiger partial charge on any atom is -0.299 e. The third-order valence-electron chi connectivity index (χ3n) is 1.54. The van der Waals surface area contributed by atoms with E-state index >= 15 is 0 Å². The largest absolute Gasteiger partial charge is 0.299 e. The SMILES string of the molecule is CC(=O)CNS(=O)(=O)Nc1ccccc1. The Balaban J connectivity index is 2.61. The van der Waals surface area contributed by atoms with Gasteiger partial charge in [0, 0.05) is 5.69 Å². The van der Waals surface area contributed by atoms with Gasteiger partial charge in [-0.3, -0.25) is 9.52 Å². The molecule has 0 aliphatic carbocycles. The Bertz CT molecular complexity index is 428. The lowest BCUT2D eigenvalue weighted by atomic mass is 10.3. The van der Waals surface area contributed by atoms with Crippen molar-refractivity contribution in [2.75, 3.05) is 11.3 Å². The van der Waals surface area contributed by atoms with Crippen molar-refractivity contribution in [3.05, 3.63) is 30.3 Å². The lowest BCUT2D eigenvalue weighted by molar-refractivity contribution is -0.115. The Morgan fingerprint density at radius 1 is 1.27 bits per heavy atom. The van der Waals surface area contributed by atoms with E-state index in [-0.39, 0.29) is 12.3 Å². The molecule has 0 aliphatic rings. The Morgan fingerprint density at radius 2 is 1.87 bits per heavy atom. The first kappa shape index (κ1) is 11.7. The van der Waals surface area contributed by atoms with Crippen LogP contribution >= 0.6 is 0 Å². The van der Waals surface area contributed by atoms with Crippen molar-refractivity contribution in [2.24, 2.45) is 0 Å². The van der Waals surface area contributed by atoms with Gasteiger partial charge in [0.05, 0.1) is 6.54 Å². The van der Waals surface area contributed by atoms with Crippen molar-refractivity contribution >= 4 is 21.7 Å². The highest BCUT2D eigenvalue weighted by molar-refractivity contribution is 7.90. The summed E-state index contributed by atoms with van der Waals surface area (Å²) in [5.41, 5.74) is 0.452. The summed E-state index contributed by atoms with van der Waals surface area (Å²) in [4.78, 5) is 10.6. The molecule has 0 aliphatic heterocycles. The first-order valence-electron chi connectivity index (χ1n) is 4.31. The van der Waals surface area contributed by atoms with E-state index in [0.717, 1.165) is 0 Å². The molecule has 0 spiro atoms. The number of carbonyl (C=O) groups excluding carboxylic acids is 1. The summed E-state index contributed by atoms with van der Waals surface area (Å²) in [6.45, 7) is 1.10. The van der Waals surface area contributed by atoms with Crippen LogP contribution in [-0.4, -0.2) is 20.7 Å². The van der Waals surface area contributed by atoms with E-state index in [1.807, 2.05) is 0 Å². The number of Topliss-reactive ketones (excluding diaryl/α,β-unsaturated/α-hetero) is 1. The Kier molecular flexibility index (Phi) is 3.81. The number of rotatable bonds is 5. The number of nitrogens with one attached hydrogen (secondary N) is 2. The number of anilines is 1. The van der Waals surface area contributed by atoms with Crippen LogP contribution in [0.15, 0.2) is 30.3 Å². The van der Waals surface area contributed by atoms with Crippen LogP contribution < -0.4 is 9.44 Å². The van der Waals surface area contributed by atoms with Crippen molar-refractivity contribution in [1.29, 1.82) is 0 Å². The third-order valence-corrected chi connectivity index (χ3v) is 2.57. The lowest BCUT2D eigenvalue weighted by Gasteiger charge is -2.07. The second-order valence-corrected chi connectivity index (χ2v) is 4.49. The maximum atomic E-state index is 11.3. The molecule has 15 heavy (non-hydrogen) atoms. The van der Waals surface area contributed by atoms with Gasteiger partial charge in [-0.1, -0.05) is 18.2 Å².